The molecule has 9 heteroatoms. The van der Waals surface area contributed by atoms with E-state index in [1.807, 2.05) is 0 Å². The molecule has 3 aliphatic rings. The first-order valence-corrected chi connectivity index (χ1v) is 11.4. The lowest BCUT2D eigenvalue weighted by molar-refractivity contribution is -0.137. The third-order valence-corrected chi connectivity index (χ3v) is 8.72. The van der Waals surface area contributed by atoms with Crippen LogP contribution in [0, 0.1) is 5.41 Å². The van der Waals surface area contributed by atoms with E-state index in [1.165, 1.54) is 0 Å². The molecule has 3 heterocycles. The number of pyridine rings is 1. The van der Waals surface area contributed by atoms with Crippen molar-refractivity contribution in [2.24, 2.45) is 5.41 Å². The third-order valence-electron chi connectivity index (χ3n) is 6.32. The van der Waals surface area contributed by atoms with Crippen LogP contribution >= 0.6 is 11.6 Å². The Bertz CT molecular complexity index is 823. The van der Waals surface area contributed by atoms with Gasteiger partial charge in [-0.1, -0.05) is 11.6 Å². The van der Waals surface area contributed by atoms with E-state index in [1.54, 1.807) is 0 Å². The van der Waals surface area contributed by atoms with Crippen LogP contribution in [0.5, 0.6) is 0 Å². The minimum Gasteiger partial charge on any atom is -0.300 e. The SMILES string of the molecule is O=S1(=O)CC2(CCN([C@H]3CC[C@@H](c4ncc(C(F)(F)F)cc4Cl)CC3)C2)C1. The molecule has 1 spiro atoms. The fraction of sp³-hybridized carbons (Fsp3) is 0.722. The lowest BCUT2D eigenvalue weighted by Gasteiger charge is -2.40. The highest BCUT2D eigenvalue weighted by Crippen LogP contribution is 2.45. The van der Waals surface area contributed by atoms with E-state index in [-0.39, 0.29) is 16.4 Å². The van der Waals surface area contributed by atoms with Crippen molar-refractivity contribution in [2.45, 2.75) is 50.2 Å². The topological polar surface area (TPSA) is 50.3 Å². The first-order chi connectivity index (χ1) is 12.6. The zero-order chi connectivity index (χ0) is 19.4. The Morgan fingerprint density at radius 1 is 1.19 bits per heavy atom. The van der Waals surface area contributed by atoms with Crippen molar-refractivity contribution in [3.63, 3.8) is 0 Å². The van der Waals surface area contributed by atoms with Gasteiger partial charge in [0, 0.05) is 30.1 Å². The number of nitrogens with zero attached hydrogens (tertiary/aromatic N) is 2. The summed E-state index contributed by atoms with van der Waals surface area (Å²) in [5.74, 6) is 0.713. The average Bonchev–Trinajstić information content (AvgIpc) is 2.97. The van der Waals surface area contributed by atoms with E-state index >= 15 is 0 Å². The number of hydrogen-bond donors (Lipinski definition) is 0. The molecule has 1 aromatic heterocycles. The monoisotopic (exact) mass is 422 g/mol. The van der Waals surface area contributed by atoms with Gasteiger partial charge in [0.25, 0.3) is 0 Å². The summed E-state index contributed by atoms with van der Waals surface area (Å²) in [7, 11) is -2.82. The molecule has 2 aliphatic heterocycles. The van der Waals surface area contributed by atoms with Gasteiger partial charge in [-0.05, 0) is 44.7 Å². The molecule has 27 heavy (non-hydrogen) atoms. The van der Waals surface area contributed by atoms with E-state index in [0.717, 1.165) is 57.5 Å². The summed E-state index contributed by atoms with van der Waals surface area (Å²) in [6, 6.07) is 1.38. The van der Waals surface area contributed by atoms with Gasteiger partial charge < -0.3 is 0 Å². The molecule has 0 radical (unpaired) electrons. The highest BCUT2D eigenvalue weighted by molar-refractivity contribution is 7.92. The standard InChI is InChI=1S/C18H22ClF3N2O2S/c19-15-7-13(18(20,21)22)8-23-16(15)12-1-3-14(4-2-12)24-6-5-17(9-24)10-27(25,26)11-17/h7-8,12,14H,1-6,9-11H2/t12-,14+. The van der Waals surface area contributed by atoms with Gasteiger partial charge in [-0.25, -0.2) is 8.42 Å². The number of alkyl halides is 3. The van der Waals surface area contributed by atoms with Crippen molar-refractivity contribution in [3.8, 4) is 0 Å². The zero-order valence-corrected chi connectivity index (χ0v) is 16.4. The summed E-state index contributed by atoms with van der Waals surface area (Å²) >= 11 is 6.09. The predicted molar refractivity (Wildman–Crippen MR) is 96.5 cm³/mol. The lowest BCUT2D eigenvalue weighted by atomic mass is 9.83. The Balaban J connectivity index is 1.36. The van der Waals surface area contributed by atoms with Crippen molar-refractivity contribution >= 4 is 21.4 Å². The summed E-state index contributed by atoms with van der Waals surface area (Å²) in [5, 5.41) is 0.0908. The molecule has 2 saturated heterocycles. The van der Waals surface area contributed by atoms with Gasteiger partial charge in [-0.3, -0.25) is 9.88 Å². The van der Waals surface area contributed by atoms with Crippen molar-refractivity contribution in [2.75, 3.05) is 24.6 Å². The molecule has 0 atom stereocenters. The Kier molecular flexibility index (Phi) is 4.75. The van der Waals surface area contributed by atoms with Gasteiger partial charge in [-0.2, -0.15) is 13.2 Å². The zero-order valence-electron chi connectivity index (χ0n) is 14.8. The molecular formula is C18H22ClF3N2O2S. The van der Waals surface area contributed by atoms with Crippen LogP contribution in [0.1, 0.15) is 49.3 Å². The molecule has 3 fully saturated rings. The van der Waals surface area contributed by atoms with Crippen molar-refractivity contribution < 1.29 is 21.6 Å². The number of sulfone groups is 1. The van der Waals surface area contributed by atoms with E-state index < -0.39 is 21.6 Å². The summed E-state index contributed by atoms with van der Waals surface area (Å²) in [6.45, 7) is 1.78. The fourth-order valence-electron chi connectivity index (χ4n) is 5.03. The van der Waals surface area contributed by atoms with Gasteiger partial charge >= 0.3 is 6.18 Å². The molecule has 1 saturated carbocycles. The number of likely N-dealkylation sites (tertiary alicyclic amines) is 1. The second kappa shape index (κ2) is 6.59. The summed E-state index contributed by atoms with van der Waals surface area (Å²) in [4.78, 5) is 6.43. The summed E-state index contributed by atoms with van der Waals surface area (Å²) < 4.78 is 61.4. The quantitative estimate of drug-likeness (QED) is 0.725. The average molecular weight is 423 g/mol. The van der Waals surface area contributed by atoms with Crippen LogP contribution in [-0.2, 0) is 16.0 Å². The molecule has 4 rings (SSSR count). The maximum absolute atomic E-state index is 12.8. The largest absolute Gasteiger partial charge is 0.417 e. The number of hydrogen-bond acceptors (Lipinski definition) is 4. The second-order valence-corrected chi connectivity index (χ2v) is 10.8. The molecule has 0 bridgehead atoms. The normalized spacial score (nSPS) is 30.4. The van der Waals surface area contributed by atoms with Crippen LogP contribution in [0.4, 0.5) is 13.2 Å². The van der Waals surface area contributed by atoms with Crippen LogP contribution in [-0.4, -0.2) is 48.9 Å². The molecule has 1 aromatic rings. The molecule has 0 N–H and O–H groups in total. The lowest BCUT2D eigenvalue weighted by Crippen LogP contribution is -2.51. The molecule has 0 unspecified atom stereocenters. The molecule has 0 amide bonds. The molecule has 4 nitrogen and oxygen atoms in total. The summed E-state index contributed by atoms with van der Waals surface area (Å²) in [6.07, 6.45) is 0.925. The Labute approximate surface area is 162 Å². The number of rotatable bonds is 2. The highest BCUT2D eigenvalue weighted by Gasteiger charge is 2.53. The maximum atomic E-state index is 12.8. The number of aromatic nitrogens is 1. The van der Waals surface area contributed by atoms with Crippen molar-refractivity contribution in [1.82, 2.24) is 9.88 Å². The van der Waals surface area contributed by atoms with Crippen molar-refractivity contribution in [1.29, 1.82) is 0 Å². The van der Waals surface area contributed by atoms with Crippen LogP contribution in [0.25, 0.3) is 0 Å². The number of halogens is 4. The Hall–Kier alpha value is -0.860. The minimum atomic E-state index is -4.44. The predicted octanol–water partition coefficient (Wildman–Crippen LogP) is 3.90. The van der Waals surface area contributed by atoms with Crippen LogP contribution in [0.2, 0.25) is 5.02 Å². The van der Waals surface area contributed by atoms with E-state index in [0.29, 0.717) is 23.2 Å². The van der Waals surface area contributed by atoms with Crippen LogP contribution in [0.15, 0.2) is 12.3 Å². The molecule has 150 valence electrons. The van der Waals surface area contributed by atoms with Crippen LogP contribution < -0.4 is 0 Å². The smallest absolute Gasteiger partial charge is 0.300 e. The first-order valence-electron chi connectivity index (χ1n) is 9.24. The van der Waals surface area contributed by atoms with E-state index in [2.05, 4.69) is 9.88 Å². The van der Waals surface area contributed by atoms with Crippen molar-refractivity contribution in [3.05, 3.63) is 28.5 Å². The summed E-state index contributed by atoms with van der Waals surface area (Å²) in [5.41, 5.74) is -0.289. The van der Waals surface area contributed by atoms with Gasteiger partial charge in [-0.15, -0.1) is 0 Å². The molecule has 0 aromatic carbocycles. The Morgan fingerprint density at radius 3 is 2.41 bits per heavy atom. The van der Waals surface area contributed by atoms with Gasteiger partial charge in [0.1, 0.15) is 0 Å². The van der Waals surface area contributed by atoms with E-state index in [4.69, 9.17) is 11.6 Å². The molecular weight excluding hydrogens is 401 g/mol. The van der Waals surface area contributed by atoms with Gasteiger partial charge in [0.2, 0.25) is 0 Å². The van der Waals surface area contributed by atoms with Crippen LogP contribution in [0.3, 0.4) is 0 Å². The highest BCUT2D eigenvalue weighted by atomic mass is 35.5. The molecule has 1 aliphatic carbocycles. The third kappa shape index (κ3) is 3.85. The van der Waals surface area contributed by atoms with Gasteiger partial charge in [0.05, 0.1) is 27.8 Å². The minimum absolute atomic E-state index is 0.0338. The second-order valence-electron chi connectivity index (χ2n) is 8.35. The Morgan fingerprint density at radius 2 is 1.85 bits per heavy atom. The van der Waals surface area contributed by atoms with Gasteiger partial charge in [0.15, 0.2) is 9.84 Å². The fourth-order valence-corrected chi connectivity index (χ4v) is 7.60. The maximum Gasteiger partial charge on any atom is 0.417 e. The first kappa shape index (κ1) is 19.5. The van der Waals surface area contributed by atoms with E-state index in [9.17, 15) is 21.6 Å².